The molecule has 2 aromatic carbocycles. The van der Waals surface area contributed by atoms with E-state index in [1.54, 1.807) is 12.1 Å². The maximum absolute atomic E-state index is 14.5. The molecule has 0 bridgehead atoms. The van der Waals surface area contributed by atoms with Gasteiger partial charge >= 0.3 is 0 Å². The number of rotatable bonds is 16. The molecule has 0 N–H and O–H groups in total. The maximum atomic E-state index is 14.5. The highest BCUT2D eigenvalue weighted by Crippen LogP contribution is 2.26. The number of hydrogen-bond donors (Lipinski definition) is 0. The zero-order valence-corrected chi connectivity index (χ0v) is 20.1. The maximum Gasteiger partial charge on any atom is 0.165 e. The van der Waals surface area contributed by atoms with E-state index < -0.39 is 0 Å². The second kappa shape index (κ2) is 15.1. The number of aryl methyl sites for hydroxylation is 1. The minimum Gasteiger partial charge on any atom is -0.491 e. The van der Waals surface area contributed by atoms with Crippen LogP contribution in [0, 0.1) is 11.7 Å². The summed E-state index contributed by atoms with van der Waals surface area (Å²) >= 11 is 0. The average molecular weight is 427 g/mol. The molecule has 0 aliphatic heterocycles. The summed E-state index contributed by atoms with van der Waals surface area (Å²) in [6.45, 7) is 7.39. The molecule has 2 rings (SSSR count). The Balaban J connectivity index is 1.75. The van der Waals surface area contributed by atoms with Crippen molar-refractivity contribution in [3.05, 3.63) is 53.8 Å². The van der Waals surface area contributed by atoms with Gasteiger partial charge in [0.25, 0.3) is 0 Å². The lowest BCUT2D eigenvalue weighted by Gasteiger charge is -2.10. The summed E-state index contributed by atoms with van der Waals surface area (Å²) in [6, 6.07) is 13.9. The lowest BCUT2D eigenvalue weighted by molar-refractivity contribution is 0.288. The van der Waals surface area contributed by atoms with Crippen molar-refractivity contribution < 1.29 is 9.13 Å². The summed E-state index contributed by atoms with van der Waals surface area (Å²) in [5, 5.41) is 0. The van der Waals surface area contributed by atoms with Gasteiger partial charge in [0.2, 0.25) is 0 Å². The molecule has 31 heavy (non-hydrogen) atoms. The first-order valence-corrected chi connectivity index (χ1v) is 12.7. The van der Waals surface area contributed by atoms with E-state index in [0.29, 0.717) is 12.4 Å². The molecule has 0 spiro atoms. The molecule has 2 heteroatoms. The highest BCUT2D eigenvalue weighted by Gasteiger charge is 2.07. The molecule has 0 saturated carbocycles. The molecule has 2 aromatic rings. The first-order chi connectivity index (χ1) is 15.1. The normalized spacial score (nSPS) is 12.1. The molecular formula is C29H43FO. The predicted octanol–water partition coefficient (Wildman–Crippen LogP) is 9.38. The average Bonchev–Trinajstić information content (AvgIpc) is 2.79. The van der Waals surface area contributed by atoms with Crippen LogP contribution in [-0.4, -0.2) is 6.61 Å². The van der Waals surface area contributed by atoms with Crippen molar-refractivity contribution in [1.29, 1.82) is 0 Å². The van der Waals surface area contributed by atoms with Crippen molar-refractivity contribution in [2.75, 3.05) is 6.61 Å². The van der Waals surface area contributed by atoms with Gasteiger partial charge in [0, 0.05) is 0 Å². The molecule has 0 aromatic heterocycles. The Kier molecular flexibility index (Phi) is 12.3. The third-order valence-electron chi connectivity index (χ3n) is 6.33. The molecular weight excluding hydrogens is 383 g/mol. The van der Waals surface area contributed by atoms with E-state index in [1.807, 2.05) is 6.07 Å². The molecule has 0 saturated heterocycles. The molecule has 1 atom stereocenters. The molecule has 0 aliphatic carbocycles. The van der Waals surface area contributed by atoms with Gasteiger partial charge in [-0.1, -0.05) is 109 Å². The van der Waals surface area contributed by atoms with E-state index in [1.165, 1.54) is 63.4 Å². The minimum absolute atomic E-state index is 0.270. The van der Waals surface area contributed by atoms with Crippen molar-refractivity contribution in [2.24, 2.45) is 5.92 Å². The number of benzene rings is 2. The van der Waals surface area contributed by atoms with Crippen LogP contribution in [-0.2, 0) is 6.42 Å². The summed E-state index contributed by atoms with van der Waals surface area (Å²) in [4.78, 5) is 0. The Morgan fingerprint density at radius 1 is 0.774 bits per heavy atom. The third-order valence-corrected chi connectivity index (χ3v) is 6.33. The van der Waals surface area contributed by atoms with Gasteiger partial charge < -0.3 is 4.74 Å². The van der Waals surface area contributed by atoms with Crippen LogP contribution < -0.4 is 4.74 Å². The standard InChI is InChI=1S/C29H43FO/c1-4-6-7-8-9-12-15-25-16-18-26(19-17-25)27-20-21-29(28(30)23-27)31-22-13-10-11-14-24(3)5-2/h16-21,23-24H,4-15,22H2,1-3H3. The summed E-state index contributed by atoms with van der Waals surface area (Å²) < 4.78 is 20.2. The molecule has 0 fully saturated rings. The van der Waals surface area contributed by atoms with E-state index in [0.717, 1.165) is 36.3 Å². The third kappa shape index (κ3) is 9.89. The molecule has 0 aliphatic rings. The molecule has 1 nitrogen and oxygen atoms in total. The van der Waals surface area contributed by atoms with Gasteiger partial charge in [0.05, 0.1) is 6.61 Å². The van der Waals surface area contributed by atoms with Gasteiger partial charge in [-0.05, 0) is 54.0 Å². The number of ether oxygens (including phenoxy) is 1. The van der Waals surface area contributed by atoms with E-state index in [4.69, 9.17) is 4.74 Å². The van der Waals surface area contributed by atoms with Gasteiger partial charge in [-0.2, -0.15) is 0 Å². The van der Waals surface area contributed by atoms with Crippen LogP contribution in [0.25, 0.3) is 11.1 Å². The number of unbranched alkanes of at least 4 members (excludes halogenated alkanes) is 7. The van der Waals surface area contributed by atoms with Crippen LogP contribution in [0.5, 0.6) is 5.75 Å². The van der Waals surface area contributed by atoms with E-state index >= 15 is 0 Å². The number of hydrogen-bond acceptors (Lipinski definition) is 1. The topological polar surface area (TPSA) is 9.23 Å². The summed E-state index contributed by atoms with van der Waals surface area (Å²) in [5.41, 5.74) is 3.33. The molecule has 172 valence electrons. The fourth-order valence-corrected chi connectivity index (χ4v) is 3.93. The fourth-order valence-electron chi connectivity index (χ4n) is 3.93. The first-order valence-electron chi connectivity index (χ1n) is 12.7. The van der Waals surface area contributed by atoms with Crippen LogP contribution >= 0.6 is 0 Å². The summed E-state index contributed by atoms with van der Waals surface area (Å²) in [7, 11) is 0. The molecule has 0 amide bonds. The van der Waals surface area contributed by atoms with E-state index in [2.05, 4.69) is 45.0 Å². The van der Waals surface area contributed by atoms with Crippen LogP contribution in [0.3, 0.4) is 0 Å². The van der Waals surface area contributed by atoms with Gasteiger partial charge in [-0.25, -0.2) is 4.39 Å². The van der Waals surface area contributed by atoms with Gasteiger partial charge in [-0.3, -0.25) is 0 Å². The zero-order valence-electron chi connectivity index (χ0n) is 20.1. The van der Waals surface area contributed by atoms with Gasteiger partial charge in [-0.15, -0.1) is 0 Å². The van der Waals surface area contributed by atoms with E-state index in [-0.39, 0.29) is 5.82 Å². The highest BCUT2D eigenvalue weighted by molar-refractivity contribution is 5.64. The van der Waals surface area contributed by atoms with Crippen molar-refractivity contribution in [3.8, 4) is 16.9 Å². The lowest BCUT2D eigenvalue weighted by Crippen LogP contribution is -2.00. The number of halogens is 1. The second-order valence-corrected chi connectivity index (χ2v) is 9.07. The lowest BCUT2D eigenvalue weighted by atomic mass is 10.0. The smallest absolute Gasteiger partial charge is 0.165 e. The SMILES string of the molecule is CCCCCCCCc1ccc(-c2ccc(OCCCCCC(C)CC)c(F)c2)cc1. The fraction of sp³-hybridized carbons (Fsp3) is 0.586. The molecule has 1 unspecified atom stereocenters. The Morgan fingerprint density at radius 3 is 2.16 bits per heavy atom. The van der Waals surface area contributed by atoms with E-state index in [9.17, 15) is 4.39 Å². The monoisotopic (exact) mass is 426 g/mol. The summed E-state index contributed by atoms with van der Waals surface area (Å²) in [5.74, 6) is 0.897. The quantitative estimate of drug-likeness (QED) is 0.243. The van der Waals surface area contributed by atoms with Crippen molar-refractivity contribution in [1.82, 2.24) is 0 Å². The van der Waals surface area contributed by atoms with Crippen LogP contribution in [0.2, 0.25) is 0 Å². The van der Waals surface area contributed by atoms with Crippen molar-refractivity contribution in [2.45, 2.75) is 97.8 Å². The zero-order chi connectivity index (χ0) is 22.3. The Bertz CT molecular complexity index is 722. The minimum atomic E-state index is -0.270. The molecule has 0 heterocycles. The largest absolute Gasteiger partial charge is 0.491 e. The van der Waals surface area contributed by atoms with Crippen LogP contribution in [0.15, 0.2) is 42.5 Å². The van der Waals surface area contributed by atoms with Crippen LogP contribution in [0.1, 0.15) is 97.0 Å². The Hall–Kier alpha value is -1.83. The Labute approximate surface area is 190 Å². The summed E-state index contributed by atoms with van der Waals surface area (Å²) in [6.07, 6.45) is 14.9. The predicted molar refractivity (Wildman–Crippen MR) is 132 cm³/mol. The Morgan fingerprint density at radius 2 is 1.45 bits per heavy atom. The molecule has 0 radical (unpaired) electrons. The highest BCUT2D eigenvalue weighted by atomic mass is 19.1. The van der Waals surface area contributed by atoms with Crippen molar-refractivity contribution in [3.63, 3.8) is 0 Å². The second-order valence-electron chi connectivity index (χ2n) is 9.07. The van der Waals surface area contributed by atoms with Gasteiger partial charge in [0.15, 0.2) is 11.6 Å². The first kappa shape index (κ1) is 25.4. The van der Waals surface area contributed by atoms with Gasteiger partial charge in [0.1, 0.15) is 0 Å². The van der Waals surface area contributed by atoms with Crippen LogP contribution in [0.4, 0.5) is 4.39 Å². The van der Waals surface area contributed by atoms with Crippen molar-refractivity contribution >= 4 is 0 Å².